The highest BCUT2D eigenvalue weighted by Crippen LogP contribution is 2.35. The third kappa shape index (κ3) is 2.69. The van der Waals surface area contributed by atoms with Gasteiger partial charge in [-0.05, 0) is 43.7 Å². The van der Waals surface area contributed by atoms with E-state index < -0.39 is 6.10 Å². The smallest absolute Gasteiger partial charge is 0.265 e. The van der Waals surface area contributed by atoms with E-state index in [4.69, 9.17) is 4.74 Å². The zero-order chi connectivity index (χ0) is 17.6. The van der Waals surface area contributed by atoms with Crippen molar-refractivity contribution in [2.24, 2.45) is 10.2 Å². The maximum atomic E-state index is 14.3. The Balaban J connectivity index is 1.91. The van der Waals surface area contributed by atoms with E-state index in [-0.39, 0.29) is 11.7 Å². The number of fused-ring (bicyclic) bond motifs is 2. The zero-order valence-electron chi connectivity index (χ0n) is 13.8. The standard InChI is InChI=1S/C19H16FN3O2/c1-10-7-12-8-16-17(25-11(2)19(24)21-16)9-14(12)18(23-22-10)13-5-3-4-6-15(13)20/h3-6,8-9,11H,7H2,1-2H3,(H,21,24). The lowest BCUT2D eigenvalue weighted by atomic mass is 9.93. The van der Waals surface area contributed by atoms with Crippen LogP contribution < -0.4 is 10.1 Å². The average Bonchev–Trinajstić information content (AvgIpc) is 2.73. The summed E-state index contributed by atoms with van der Waals surface area (Å²) in [5, 5.41) is 11.3. The second-order valence-corrected chi connectivity index (χ2v) is 6.20. The van der Waals surface area contributed by atoms with E-state index in [1.807, 2.05) is 13.0 Å². The first kappa shape index (κ1) is 15.5. The molecule has 0 saturated carbocycles. The third-order valence-corrected chi connectivity index (χ3v) is 4.29. The number of rotatable bonds is 1. The molecule has 5 nitrogen and oxygen atoms in total. The van der Waals surface area contributed by atoms with Crippen molar-refractivity contribution in [2.75, 3.05) is 5.32 Å². The van der Waals surface area contributed by atoms with Crippen LogP contribution in [0.2, 0.25) is 0 Å². The molecule has 0 radical (unpaired) electrons. The van der Waals surface area contributed by atoms with Crippen LogP contribution in [0.5, 0.6) is 5.75 Å². The molecule has 2 aliphatic rings. The Hall–Kier alpha value is -3.02. The summed E-state index contributed by atoms with van der Waals surface area (Å²) in [5.41, 5.74) is 3.94. The van der Waals surface area contributed by atoms with Gasteiger partial charge in [0.15, 0.2) is 6.10 Å². The predicted molar refractivity (Wildman–Crippen MR) is 94.0 cm³/mol. The molecule has 0 spiro atoms. The Morgan fingerprint density at radius 1 is 1.20 bits per heavy atom. The van der Waals surface area contributed by atoms with Crippen molar-refractivity contribution in [1.29, 1.82) is 0 Å². The lowest BCUT2D eigenvalue weighted by molar-refractivity contribution is -0.122. The van der Waals surface area contributed by atoms with Gasteiger partial charge in [0.1, 0.15) is 17.3 Å². The highest BCUT2D eigenvalue weighted by molar-refractivity contribution is 6.16. The number of carbonyl (C=O) groups excluding carboxylic acids is 1. The summed E-state index contributed by atoms with van der Waals surface area (Å²) in [6.45, 7) is 3.55. The van der Waals surface area contributed by atoms with Crippen molar-refractivity contribution in [3.8, 4) is 5.75 Å². The van der Waals surface area contributed by atoms with Crippen LogP contribution in [-0.2, 0) is 11.2 Å². The van der Waals surface area contributed by atoms with E-state index >= 15 is 0 Å². The van der Waals surface area contributed by atoms with E-state index in [1.165, 1.54) is 6.07 Å². The Labute approximate surface area is 144 Å². The number of nitrogens with one attached hydrogen (secondary N) is 1. The largest absolute Gasteiger partial charge is 0.479 e. The molecular formula is C19H16FN3O2. The quantitative estimate of drug-likeness (QED) is 0.868. The molecule has 1 amide bonds. The van der Waals surface area contributed by atoms with E-state index in [0.717, 1.165) is 16.8 Å². The van der Waals surface area contributed by atoms with Crippen molar-refractivity contribution in [2.45, 2.75) is 26.4 Å². The maximum Gasteiger partial charge on any atom is 0.265 e. The zero-order valence-corrected chi connectivity index (χ0v) is 13.8. The minimum absolute atomic E-state index is 0.186. The molecule has 126 valence electrons. The van der Waals surface area contributed by atoms with Gasteiger partial charge in [-0.3, -0.25) is 4.79 Å². The second kappa shape index (κ2) is 5.81. The fourth-order valence-electron chi connectivity index (χ4n) is 3.02. The van der Waals surface area contributed by atoms with Gasteiger partial charge < -0.3 is 10.1 Å². The first-order valence-electron chi connectivity index (χ1n) is 8.04. The number of amides is 1. The number of nitrogens with zero attached hydrogens (tertiary/aromatic N) is 2. The number of benzene rings is 2. The van der Waals surface area contributed by atoms with E-state index in [2.05, 4.69) is 15.5 Å². The SMILES string of the molecule is CC1=NN=C(c2ccccc2F)c2cc3c(cc2C1)NC(=O)C(C)O3. The second-order valence-electron chi connectivity index (χ2n) is 6.20. The van der Waals surface area contributed by atoms with Crippen molar-refractivity contribution < 1.29 is 13.9 Å². The number of ether oxygens (including phenoxy) is 1. The van der Waals surface area contributed by atoms with Gasteiger partial charge >= 0.3 is 0 Å². The first-order chi connectivity index (χ1) is 12.0. The third-order valence-electron chi connectivity index (χ3n) is 4.29. The van der Waals surface area contributed by atoms with Crippen LogP contribution in [0.4, 0.5) is 10.1 Å². The molecule has 1 N–H and O–H groups in total. The summed E-state index contributed by atoms with van der Waals surface area (Å²) in [7, 11) is 0. The summed E-state index contributed by atoms with van der Waals surface area (Å²) >= 11 is 0. The molecule has 2 aromatic carbocycles. The summed E-state index contributed by atoms with van der Waals surface area (Å²) < 4.78 is 20.0. The van der Waals surface area contributed by atoms with E-state index in [1.54, 1.807) is 31.2 Å². The highest BCUT2D eigenvalue weighted by atomic mass is 19.1. The van der Waals surface area contributed by atoms with Crippen molar-refractivity contribution in [3.63, 3.8) is 0 Å². The number of hydrogen-bond acceptors (Lipinski definition) is 4. The van der Waals surface area contributed by atoms with Crippen molar-refractivity contribution in [1.82, 2.24) is 0 Å². The average molecular weight is 337 g/mol. The summed E-state index contributed by atoms with van der Waals surface area (Å²) in [4.78, 5) is 11.9. The maximum absolute atomic E-state index is 14.3. The number of halogens is 1. The lowest BCUT2D eigenvalue weighted by Crippen LogP contribution is -2.34. The molecule has 2 aromatic rings. The highest BCUT2D eigenvalue weighted by Gasteiger charge is 2.27. The monoisotopic (exact) mass is 337 g/mol. The Morgan fingerprint density at radius 3 is 2.80 bits per heavy atom. The normalized spacial score (nSPS) is 18.8. The van der Waals surface area contributed by atoms with Gasteiger partial charge in [-0.15, -0.1) is 5.10 Å². The molecule has 1 atom stereocenters. The summed E-state index contributed by atoms with van der Waals surface area (Å²) in [6.07, 6.45) is -0.0154. The van der Waals surface area contributed by atoms with E-state index in [9.17, 15) is 9.18 Å². The molecule has 4 rings (SSSR count). The van der Waals surface area contributed by atoms with Gasteiger partial charge in [0.25, 0.3) is 5.91 Å². The van der Waals surface area contributed by atoms with Gasteiger partial charge in [-0.25, -0.2) is 4.39 Å². The van der Waals surface area contributed by atoms with E-state index in [0.29, 0.717) is 29.1 Å². The molecule has 0 aromatic heterocycles. The minimum atomic E-state index is -0.580. The fraction of sp³-hybridized carbons (Fsp3) is 0.211. The van der Waals surface area contributed by atoms with Crippen LogP contribution in [0.1, 0.15) is 30.5 Å². The molecule has 0 aliphatic carbocycles. The summed E-state index contributed by atoms with van der Waals surface area (Å²) in [6, 6.07) is 10.1. The molecule has 0 bridgehead atoms. The van der Waals surface area contributed by atoms with Crippen LogP contribution in [0.25, 0.3) is 0 Å². The van der Waals surface area contributed by atoms with Crippen LogP contribution in [-0.4, -0.2) is 23.4 Å². The van der Waals surface area contributed by atoms with Crippen molar-refractivity contribution in [3.05, 3.63) is 58.9 Å². The van der Waals surface area contributed by atoms with Gasteiger partial charge in [-0.1, -0.05) is 12.1 Å². The summed E-state index contributed by atoms with van der Waals surface area (Å²) in [5.74, 6) is 0.00570. The van der Waals surface area contributed by atoms with Gasteiger partial charge in [0.2, 0.25) is 0 Å². The van der Waals surface area contributed by atoms with Crippen LogP contribution in [0.15, 0.2) is 46.6 Å². The fourth-order valence-corrected chi connectivity index (χ4v) is 3.02. The molecule has 1 unspecified atom stereocenters. The predicted octanol–water partition coefficient (Wildman–Crippen LogP) is 3.31. The van der Waals surface area contributed by atoms with Gasteiger partial charge in [0.05, 0.1) is 5.69 Å². The lowest BCUT2D eigenvalue weighted by Gasteiger charge is -2.25. The van der Waals surface area contributed by atoms with Gasteiger partial charge in [-0.2, -0.15) is 5.10 Å². The molecular weight excluding hydrogens is 321 g/mol. The van der Waals surface area contributed by atoms with Gasteiger partial charge in [0, 0.05) is 23.3 Å². The number of hydrogen-bond donors (Lipinski definition) is 1. The van der Waals surface area contributed by atoms with Crippen molar-refractivity contribution >= 4 is 23.0 Å². The van der Waals surface area contributed by atoms with Crippen LogP contribution in [0.3, 0.4) is 0 Å². The number of anilines is 1. The van der Waals surface area contributed by atoms with Crippen LogP contribution in [0, 0.1) is 5.82 Å². The van der Waals surface area contributed by atoms with Crippen LogP contribution >= 0.6 is 0 Å². The Morgan fingerprint density at radius 2 is 2.00 bits per heavy atom. The number of carbonyl (C=O) groups is 1. The first-order valence-corrected chi connectivity index (χ1v) is 8.04. The Bertz CT molecular complexity index is 950. The minimum Gasteiger partial charge on any atom is -0.479 e. The molecule has 2 heterocycles. The molecule has 2 aliphatic heterocycles. The topological polar surface area (TPSA) is 63.0 Å². The molecule has 25 heavy (non-hydrogen) atoms. The molecule has 6 heteroatoms. The molecule has 0 saturated heterocycles. The molecule has 0 fully saturated rings. The Kier molecular flexibility index (Phi) is 3.60.